The van der Waals surface area contributed by atoms with Crippen molar-refractivity contribution in [2.24, 2.45) is 5.92 Å². The Hall–Kier alpha value is -4.79. The van der Waals surface area contributed by atoms with Crippen molar-refractivity contribution in [3.63, 3.8) is 0 Å². The van der Waals surface area contributed by atoms with Crippen LogP contribution in [0.1, 0.15) is 23.7 Å². The van der Waals surface area contributed by atoms with E-state index in [1.165, 1.54) is 5.56 Å². The third-order valence-corrected chi connectivity index (χ3v) is 7.97. The van der Waals surface area contributed by atoms with E-state index < -0.39 is 0 Å². The number of nitrogens with zero attached hydrogens (tertiary/aromatic N) is 9. The highest BCUT2D eigenvalue weighted by Gasteiger charge is 2.20. The number of aliphatic hydroxyl groups is 1. The second kappa shape index (κ2) is 12.2. The number of fused-ring (bicyclic) bond motifs is 1. The third kappa shape index (κ3) is 5.93. The maximum atomic E-state index is 9.81. The van der Waals surface area contributed by atoms with Gasteiger partial charge in [0, 0.05) is 92.9 Å². The predicted molar refractivity (Wildman–Crippen MR) is 164 cm³/mol. The summed E-state index contributed by atoms with van der Waals surface area (Å²) in [5, 5.41) is 28.6. The van der Waals surface area contributed by atoms with Crippen LogP contribution in [0.15, 0.2) is 61.2 Å². The molecule has 11 heteroatoms. The summed E-state index contributed by atoms with van der Waals surface area (Å²) in [6, 6.07) is 14.5. The number of methoxy groups -OCH3 is 1. The van der Waals surface area contributed by atoms with Crippen molar-refractivity contribution >= 4 is 11.3 Å². The Kier molecular flexibility index (Phi) is 8.05. The summed E-state index contributed by atoms with van der Waals surface area (Å²) >= 11 is 0. The fourth-order valence-electron chi connectivity index (χ4n) is 5.50. The Morgan fingerprint density at radius 1 is 1.02 bits per heavy atom. The Bertz CT molecular complexity index is 1750. The molecule has 1 atom stereocenters. The first kappa shape index (κ1) is 28.3. The molecule has 43 heavy (non-hydrogen) atoms. The maximum Gasteiger partial charge on any atom is 0.212 e. The highest BCUT2D eigenvalue weighted by atomic mass is 16.5. The monoisotopic (exact) mass is 577 g/mol. The molecule has 0 amide bonds. The molecule has 0 aromatic carbocycles. The van der Waals surface area contributed by atoms with Crippen molar-refractivity contribution in [3.05, 3.63) is 78.0 Å². The topological polar surface area (TPSA) is 121 Å². The summed E-state index contributed by atoms with van der Waals surface area (Å²) in [6.45, 7) is 9.24. The van der Waals surface area contributed by atoms with E-state index in [1.807, 2.05) is 49.3 Å². The molecular weight excluding hydrogens is 542 g/mol. The molecule has 1 aliphatic heterocycles. The van der Waals surface area contributed by atoms with Crippen molar-refractivity contribution in [2.75, 3.05) is 44.8 Å². The van der Waals surface area contributed by atoms with Gasteiger partial charge in [0.2, 0.25) is 5.88 Å². The largest absolute Gasteiger partial charge is 0.481 e. The van der Waals surface area contributed by atoms with Gasteiger partial charge in [-0.25, -0.2) is 14.5 Å². The van der Waals surface area contributed by atoms with Gasteiger partial charge in [-0.15, -0.1) is 0 Å². The lowest BCUT2D eigenvalue weighted by atomic mass is 10.0. The van der Waals surface area contributed by atoms with Gasteiger partial charge in [0.25, 0.3) is 0 Å². The second-order valence-corrected chi connectivity index (χ2v) is 11.1. The Balaban J connectivity index is 1.22. The molecule has 5 aromatic heterocycles. The van der Waals surface area contributed by atoms with E-state index >= 15 is 0 Å². The number of ether oxygens (including phenoxy) is 1. The summed E-state index contributed by atoms with van der Waals surface area (Å²) in [7, 11) is 1.63. The van der Waals surface area contributed by atoms with Crippen LogP contribution in [0.3, 0.4) is 0 Å². The molecule has 0 aliphatic carbocycles. The van der Waals surface area contributed by atoms with Crippen molar-refractivity contribution < 1.29 is 9.84 Å². The van der Waals surface area contributed by atoms with Gasteiger partial charge in [-0.1, -0.05) is 13.0 Å². The van der Waals surface area contributed by atoms with E-state index in [2.05, 4.69) is 50.2 Å². The van der Waals surface area contributed by atoms with E-state index in [9.17, 15) is 10.4 Å². The first-order valence-electron chi connectivity index (χ1n) is 14.5. The highest BCUT2D eigenvalue weighted by molar-refractivity contribution is 5.87. The highest BCUT2D eigenvalue weighted by Crippen LogP contribution is 2.32. The predicted octanol–water partition coefficient (Wildman–Crippen LogP) is 3.79. The standard InChI is InChI=1S/C32H35N9O2/c1-22(21-42)18-40-23(2)12-29(37-40)26-13-28(32-27(14-33)17-36-41(32)20-26)25-5-6-30(34-16-25)39-10-8-38(9-11-39)19-24-4-7-31(43-3)35-15-24/h4-7,12-13,15-17,20,22,42H,8-11,18-19,21H2,1-3H3. The van der Waals surface area contributed by atoms with E-state index in [0.717, 1.165) is 72.1 Å². The zero-order chi connectivity index (χ0) is 29.9. The maximum absolute atomic E-state index is 9.81. The average Bonchev–Trinajstić information content (AvgIpc) is 3.64. The lowest BCUT2D eigenvalue weighted by Crippen LogP contribution is -2.46. The molecule has 0 radical (unpaired) electrons. The van der Waals surface area contributed by atoms with Crippen molar-refractivity contribution in [1.82, 2.24) is 34.3 Å². The van der Waals surface area contributed by atoms with Gasteiger partial charge in [0.1, 0.15) is 11.9 Å². The van der Waals surface area contributed by atoms with Crippen LogP contribution in [0.5, 0.6) is 5.88 Å². The molecule has 220 valence electrons. The number of aliphatic hydroxyl groups excluding tert-OH is 1. The molecule has 1 unspecified atom stereocenters. The van der Waals surface area contributed by atoms with Crippen molar-refractivity contribution in [2.45, 2.75) is 26.9 Å². The van der Waals surface area contributed by atoms with Crippen LogP contribution in [0.2, 0.25) is 0 Å². The Morgan fingerprint density at radius 3 is 2.53 bits per heavy atom. The minimum Gasteiger partial charge on any atom is -0.481 e. The molecule has 1 N–H and O–H groups in total. The molecule has 5 aromatic rings. The van der Waals surface area contributed by atoms with Gasteiger partial charge < -0.3 is 14.7 Å². The SMILES string of the molecule is COc1ccc(CN2CCN(c3ccc(-c4cc(-c5cc(C)n(CC(C)CO)n5)cn5ncc(C#N)c45)cn3)CC2)cn1. The quantitative estimate of drug-likeness (QED) is 0.279. The molecule has 0 bridgehead atoms. The fraction of sp³-hybridized carbons (Fsp3) is 0.344. The van der Waals surface area contributed by atoms with E-state index in [1.54, 1.807) is 17.8 Å². The molecule has 1 saturated heterocycles. The molecule has 6 rings (SSSR count). The number of aromatic nitrogens is 6. The molecule has 6 heterocycles. The second-order valence-electron chi connectivity index (χ2n) is 11.1. The Morgan fingerprint density at radius 2 is 1.86 bits per heavy atom. The van der Waals surface area contributed by atoms with Crippen LogP contribution in [0.4, 0.5) is 5.82 Å². The molecule has 1 fully saturated rings. The fourth-order valence-corrected chi connectivity index (χ4v) is 5.50. The van der Waals surface area contributed by atoms with Gasteiger partial charge in [-0.2, -0.15) is 15.5 Å². The van der Waals surface area contributed by atoms with Crippen molar-refractivity contribution in [3.8, 4) is 34.3 Å². The Labute approximate surface area is 250 Å². The van der Waals surface area contributed by atoms with Gasteiger partial charge in [0.15, 0.2) is 0 Å². The van der Waals surface area contributed by atoms with Gasteiger partial charge in [-0.05, 0) is 42.7 Å². The number of nitriles is 1. The number of pyridine rings is 3. The smallest absolute Gasteiger partial charge is 0.212 e. The molecule has 0 spiro atoms. The van der Waals surface area contributed by atoms with E-state index in [4.69, 9.17) is 14.8 Å². The normalized spacial score (nSPS) is 14.6. The van der Waals surface area contributed by atoms with Crippen LogP contribution in [-0.4, -0.2) is 79.3 Å². The number of hydrogen-bond acceptors (Lipinski definition) is 9. The summed E-state index contributed by atoms with van der Waals surface area (Å²) in [5.41, 5.74) is 6.92. The summed E-state index contributed by atoms with van der Waals surface area (Å²) in [6.07, 6.45) is 7.26. The summed E-state index contributed by atoms with van der Waals surface area (Å²) < 4.78 is 8.84. The lowest BCUT2D eigenvalue weighted by Gasteiger charge is -2.35. The average molecular weight is 578 g/mol. The lowest BCUT2D eigenvalue weighted by molar-refractivity contribution is 0.218. The minimum absolute atomic E-state index is 0.104. The van der Waals surface area contributed by atoms with E-state index in [-0.39, 0.29) is 12.5 Å². The number of aryl methyl sites for hydroxylation is 1. The summed E-state index contributed by atoms with van der Waals surface area (Å²) in [5.74, 6) is 1.66. The third-order valence-electron chi connectivity index (χ3n) is 7.97. The van der Waals surface area contributed by atoms with Crippen LogP contribution in [0, 0.1) is 24.2 Å². The summed E-state index contributed by atoms with van der Waals surface area (Å²) in [4.78, 5) is 13.9. The number of rotatable bonds is 9. The first-order valence-corrected chi connectivity index (χ1v) is 14.5. The molecular formula is C32H35N9O2. The molecule has 0 saturated carbocycles. The molecule has 11 nitrogen and oxygen atoms in total. The van der Waals surface area contributed by atoms with E-state index in [0.29, 0.717) is 18.0 Å². The van der Waals surface area contributed by atoms with Crippen LogP contribution >= 0.6 is 0 Å². The van der Waals surface area contributed by atoms with Crippen LogP contribution in [0.25, 0.3) is 27.9 Å². The van der Waals surface area contributed by atoms with Gasteiger partial charge in [0.05, 0.1) is 30.1 Å². The first-order chi connectivity index (χ1) is 20.9. The zero-order valence-electron chi connectivity index (χ0n) is 24.7. The number of hydrogen-bond donors (Lipinski definition) is 1. The van der Waals surface area contributed by atoms with Crippen LogP contribution in [-0.2, 0) is 13.1 Å². The van der Waals surface area contributed by atoms with Crippen molar-refractivity contribution in [1.29, 1.82) is 5.26 Å². The zero-order valence-corrected chi connectivity index (χ0v) is 24.7. The van der Waals surface area contributed by atoms with Gasteiger partial charge in [-0.3, -0.25) is 9.58 Å². The number of piperazine rings is 1. The minimum atomic E-state index is 0.104. The molecule has 1 aliphatic rings. The van der Waals surface area contributed by atoms with Gasteiger partial charge >= 0.3 is 0 Å². The van der Waals surface area contributed by atoms with Crippen LogP contribution < -0.4 is 9.64 Å². The number of anilines is 1.